The average molecular weight is 304 g/mol. The van der Waals surface area contributed by atoms with Crippen LogP contribution in [0.1, 0.15) is 0 Å². The molecule has 116 valence electrons. The number of morpholine rings is 1. The first-order valence-electron chi connectivity index (χ1n) is 6.39. The lowest BCUT2D eigenvalue weighted by atomic mass is 10.3. The maximum absolute atomic E-state index is 12.1. The van der Waals surface area contributed by atoms with Gasteiger partial charge in [0, 0.05) is 24.8 Å². The smallest absolute Gasteiger partial charge is 0.406 e. The SMILES string of the molecule is O=C(CNc1cccc(OC(F)(F)F)c1)N1CCOCC1. The lowest BCUT2D eigenvalue weighted by Gasteiger charge is -2.27. The summed E-state index contributed by atoms with van der Waals surface area (Å²) in [5.41, 5.74) is 0.387. The van der Waals surface area contributed by atoms with Gasteiger partial charge in [-0.25, -0.2) is 0 Å². The van der Waals surface area contributed by atoms with Gasteiger partial charge in [-0.3, -0.25) is 4.79 Å². The number of rotatable bonds is 4. The summed E-state index contributed by atoms with van der Waals surface area (Å²) >= 11 is 0. The van der Waals surface area contributed by atoms with Crippen molar-refractivity contribution in [1.82, 2.24) is 4.90 Å². The fourth-order valence-electron chi connectivity index (χ4n) is 1.91. The molecule has 5 nitrogen and oxygen atoms in total. The largest absolute Gasteiger partial charge is 0.573 e. The first-order chi connectivity index (χ1) is 9.94. The Morgan fingerprint density at radius 2 is 2.05 bits per heavy atom. The molecule has 1 aromatic carbocycles. The second-order valence-corrected chi connectivity index (χ2v) is 4.42. The molecule has 1 aromatic rings. The van der Waals surface area contributed by atoms with Gasteiger partial charge in [-0.15, -0.1) is 13.2 Å². The van der Waals surface area contributed by atoms with Gasteiger partial charge in [0.25, 0.3) is 0 Å². The van der Waals surface area contributed by atoms with Crippen molar-refractivity contribution in [2.75, 3.05) is 38.2 Å². The van der Waals surface area contributed by atoms with E-state index in [2.05, 4.69) is 10.1 Å². The zero-order valence-corrected chi connectivity index (χ0v) is 11.2. The zero-order valence-electron chi connectivity index (χ0n) is 11.2. The Morgan fingerprint density at radius 3 is 2.71 bits per heavy atom. The van der Waals surface area contributed by atoms with E-state index in [-0.39, 0.29) is 18.2 Å². The van der Waals surface area contributed by atoms with E-state index in [0.29, 0.717) is 32.0 Å². The number of anilines is 1. The maximum Gasteiger partial charge on any atom is 0.573 e. The number of carbonyl (C=O) groups is 1. The van der Waals surface area contributed by atoms with Crippen LogP contribution in [0, 0.1) is 0 Å². The summed E-state index contributed by atoms with van der Waals surface area (Å²) in [6.45, 7) is 2.06. The molecule has 0 radical (unpaired) electrons. The van der Waals surface area contributed by atoms with Crippen molar-refractivity contribution < 1.29 is 27.4 Å². The Kier molecular flexibility index (Phi) is 4.89. The first kappa shape index (κ1) is 15.4. The van der Waals surface area contributed by atoms with E-state index in [4.69, 9.17) is 4.74 Å². The third-order valence-electron chi connectivity index (χ3n) is 2.88. The molecule has 1 saturated heterocycles. The summed E-state index contributed by atoms with van der Waals surface area (Å²) < 4.78 is 45.3. The second kappa shape index (κ2) is 6.66. The molecular weight excluding hydrogens is 289 g/mol. The van der Waals surface area contributed by atoms with Crippen LogP contribution in [-0.2, 0) is 9.53 Å². The van der Waals surface area contributed by atoms with E-state index < -0.39 is 6.36 Å². The molecule has 1 aliphatic rings. The molecule has 0 aromatic heterocycles. The highest BCUT2D eigenvalue weighted by atomic mass is 19.4. The highest BCUT2D eigenvalue weighted by Gasteiger charge is 2.31. The normalized spacial score (nSPS) is 15.7. The Labute approximate surface area is 119 Å². The van der Waals surface area contributed by atoms with Crippen molar-refractivity contribution in [3.8, 4) is 5.75 Å². The van der Waals surface area contributed by atoms with Gasteiger partial charge in [0.15, 0.2) is 0 Å². The molecule has 0 bridgehead atoms. The minimum atomic E-state index is -4.73. The molecular formula is C13H15F3N2O3. The van der Waals surface area contributed by atoms with E-state index in [1.165, 1.54) is 18.2 Å². The van der Waals surface area contributed by atoms with Crippen LogP contribution in [0.15, 0.2) is 24.3 Å². The number of amides is 1. The van der Waals surface area contributed by atoms with Crippen molar-refractivity contribution in [1.29, 1.82) is 0 Å². The van der Waals surface area contributed by atoms with Crippen LogP contribution in [0.2, 0.25) is 0 Å². The van der Waals surface area contributed by atoms with Crippen LogP contribution in [0.3, 0.4) is 0 Å². The first-order valence-corrected chi connectivity index (χ1v) is 6.39. The number of carbonyl (C=O) groups excluding carboxylic acids is 1. The number of ether oxygens (including phenoxy) is 2. The molecule has 1 N–H and O–H groups in total. The summed E-state index contributed by atoms with van der Waals surface area (Å²) in [4.78, 5) is 13.5. The maximum atomic E-state index is 12.1. The van der Waals surface area contributed by atoms with Crippen LogP contribution in [0.25, 0.3) is 0 Å². The summed E-state index contributed by atoms with van der Waals surface area (Å²) in [6.07, 6.45) is -4.73. The van der Waals surface area contributed by atoms with Crippen molar-refractivity contribution >= 4 is 11.6 Å². The summed E-state index contributed by atoms with van der Waals surface area (Å²) in [6, 6.07) is 5.38. The lowest BCUT2D eigenvalue weighted by molar-refractivity contribution is -0.274. The monoisotopic (exact) mass is 304 g/mol. The van der Waals surface area contributed by atoms with Crippen LogP contribution in [0.5, 0.6) is 5.75 Å². The van der Waals surface area contributed by atoms with Crippen molar-refractivity contribution in [3.05, 3.63) is 24.3 Å². The zero-order chi connectivity index (χ0) is 15.3. The van der Waals surface area contributed by atoms with Crippen molar-refractivity contribution in [2.45, 2.75) is 6.36 Å². The Balaban J connectivity index is 1.87. The molecule has 1 heterocycles. The molecule has 0 spiro atoms. The van der Waals surface area contributed by atoms with Gasteiger partial charge in [0.05, 0.1) is 19.8 Å². The minimum Gasteiger partial charge on any atom is -0.406 e. The number of nitrogens with one attached hydrogen (secondary N) is 1. The van der Waals surface area contributed by atoms with Gasteiger partial charge in [-0.05, 0) is 12.1 Å². The van der Waals surface area contributed by atoms with E-state index in [9.17, 15) is 18.0 Å². The summed E-state index contributed by atoms with van der Waals surface area (Å²) in [5, 5.41) is 2.79. The number of benzene rings is 1. The standard InChI is InChI=1S/C13H15F3N2O3/c14-13(15,16)21-11-3-1-2-10(8-11)17-9-12(19)18-4-6-20-7-5-18/h1-3,8,17H,4-7,9H2. The molecule has 1 fully saturated rings. The second-order valence-electron chi connectivity index (χ2n) is 4.42. The molecule has 0 atom stereocenters. The Bertz CT molecular complexity index is 488. The van der Waals surface area contributed by atoms with Crippen LogP contribution < -0.4 is 10.1 Å². The quantitative estimate of drug-likeness (QED) is 0.922. The summed E-state index contributed by atoms with van der Waals surface area (Å²) in [5.74, 6) is -0.452. The van der Waals surface area contributed by atoms with Gasteiger partial charge in [0.1, 0.15) is 5.75 Å². The molecule has 0 saturated carbocycles. The van der Waals surface area contributed by atoms with Crippen molar-refractivity contribution in [3.63, 3.8) is 0 Å². The lowest BCUT2D eigenvalue weighted by Crippen LogP contribution is -2.43. The number of hydrogen-bond acceptors (Lipinski definition) is 4. The predicted molar refractivity (Wildman–Crippen MR) is 69.0 cm³/mol. The number of nitrogens with zero attached hydrogens (tertiary/aromatic N) is 1. The predicted octanol–water partition coefficient (Wildman–Crippen LogP) is 1.86. The van der Waals surface area contributed by atoms with Crippen LogP contribution in [0.4, 0.5) is 18.9 Å². The summed E-state index contributed by atoms with van der Waals surface area (Å²) in [7, 11) is 0. The van der Waals surface area contributed by atoms with Gasteiger partial charge in [0.2, 0.25) is 5.91 Å². The number of hydrogen-bond donors (Lipinski definition) is 1. The molecule has 8 heteroatoms. The molecule has 0 unspecified atom stereocenters. The molecule has 21 heavy (non-hydrogen) atoms. The van der Waals surface area contributed by atoms with E-state index in [1.807, 2.05) is 0 Å². The average Bonchev–Trinajstić information content (AvgIpc) is 2.44. The van der Waals surface area contributed by atoms with E-state index in [1.54, 1.807) is 11.0 Å². The van der Waals surface area contributed by atoms with Crippen LogP contribution in [-0.4, -0.2) is 50.0 Å². The number of halogens is 3. The Hall–Kier alpha value is -1.96. The van der Waals surface area contributed by atoms with E-state index >= 15 is 0 Å². The molecule has 1 aliphatic heterocycles. The number of alkyl halides is 3. The third kappa shape index (κ3) is 5.14. The minimum absolute atomic E-state index is 0.00940. The third-order valence-corrected chi connectivity index (χ3v) is 2.88. The highest BCUT2D eigenvalue weighted by molar-refractivity contribution is 5.81. The Morgan fingerprint density at radius 1 is 1.33 bits per heavy atom. The van der Waals surface area contributed by atoms with Gasteiger partial charge >= 0.3 is 6.36 Å². The fourth-order valence-corrected chi connectivity index (χ4v) is 1.91. The molecule has 0 aliphatic carbocycles. The van der Waals surface area contributed by atoms with Gasteiger partial charge < -0.3 is 19.7 Å². The molecule has 1 amide bonds. The fraction of sp³-hybridized carbons (Fsp3) is 0.462. The van der Waals surface area contributed by atoms with E-state index in [0.717, 1.165) is 0 Å². The van der Waals surface area contributed by atoms with Crippen LogP contribution >= 0.6 is 0 Å². The molecule has 2 rings (SSSR count). The van der Waals surface area contributed by atoms with Gasteiger partial charge in [-0.1, -0.05) is 6.07 Å². The van der Waals surface area contributed by atoms with Crippen molar-refractivity contribution in [2.24, 2.45) is 0 Å². The highest BCUT2D eigenvalue weighted by Crippen LogP contribution is 2.24. The van der Waals surface area contributed by atoms with Gasteiger partial charge in [-0.2, -0.15) is 0 Å². The topological polar surface area (TPSA) is 50.8 Å².